The molecule has 2 aromatic rings. The molecule has 0 saturated heterocycles. The summed E-state index contributed by atoms with van der Waals surface area (Å²) in [6.45, 7) is 1.89. The van der Waals surface area contributed by atoms with E-state index < -0.39 is 4.92 Å². The number of rotatable bonds is 4. The first kappa shape index (κ1) is 14.8. The van der Waals surface area contributed by atoms with E-state index in [1.54, 1.807) is 18.2 Å². The largest absolute Gasteiger partial charge is 0.377 e. The van der Waals surface area contributed by atoms with Crippen LogP contribution in [0.5, 0.6) is 0 Å². The van der Waals surface area contributed by atoms with Crippen molar-refractivity contribution in [3.05, 3.63) is 68.7 Å². The predicted octanol–water partition coefficient (Wildman–Crippen LogP) is 4.29. The number of nitro groups is 1. The number of benzene rings is 2. The Kier molecular flexibility index (Phi) is 4.41. The third kappa shape index (κ3) is 3.50. The van der Waals surface area contributed by atoms with E-state index in [2.05, 4.69) is 11.4 Å². The van der Waals surface area contributed by atoms with E-state index in [1.807, 2.05) is 13.0 Å². The Hall–Kier alpha value is -2.58. The maximum absolute atomic E-state index is 10.8. The molecule has 2 rings (SSSR count). The average Bonchev–Trinajstić information content (AvgIpc) is 2.49. The van der Waals surface area contributed by atoms with Crippen LogP contribution in [0.2, 0.25) is 5.02 Å². The van der Waals surface area contributed by atoms with Crippen LogP contribution in [0.3, 0.4) is 0 Å². The van der Waals surface area contributed by atoms with Gasteiger partial charge in [-0.05, 0) is 30.7 Å². The molecule has 21 heavy (non-hydrogen) atoms. The zero-order valence-corrected chi connectivity index (χ0v) is 12.0. The van der Waals surface area contributed by atoms with E-state index in [9.17, 15) is 10.1 Å². The van der Waals surface area contributed by atoms with Gasteiger partial charge >= 0.3 is 0 Å². The normalized spacial score (nSPS) is 11.5. The zero-order chi connectivity index (χ0) is 15.4. The summed E-state index contributed by atoms with van der Waals surface area (Å²) in [6.07, 6.45) is 0. The lowest BCUT2D eigenvalue weighted by atomic mass is 10.1. The summed E-state index contributed by atoms with van der Waals surface area (Å²) in [4.78, 5) is 10.3. The fourth-order valence-corrected chi connectivity index (χ4v) is 2.10. The maximum atomic E-state index is 10.8. The van der Waals surface area contributed by atoms with Crippen LogP contribution in [-0.4, -0.2) is 4.92 Å². The van der Waals surface area contributed by atoms with Gasteiger partial charge in [0.15, 0.2) is 0 Å². The number of non-ortho nitro benzene ring substituents is 1. The summed E-state index contributed by atoms with van der Waals surface area (Å²) in [6, 6.07) is 13.3. The third-order valence-corrected chi connectivity index (χ3v) is 3.38. The summed E-state index contributed by atoms with van der Waals surface area (Å²) >= 11 is 6.05. The first-order valence-electron chi connectivity index (χ1n) is 6.22. The second-order valence-corrected chi connectivity index (χ2v) is 4.93. The van der Waals surface area contributed by atoms with Crippen molar-refractivity contribution in [2.24, 2.45) is 0 Å². The van der Waals surface area contributed by atoms with E-state index in [-0.39, 0.29) is 11.7 Å². The van der Waals surface area contributed by atoms with Crippen molar-refractivity contribution in [1.29, 1.82) is 5.26 Å². The molecule has 0 bridgehead atoms. The predicted molar refractivity (Wildman–Crippen MR) is 81.3 cm³/mol. The van der Waals surface area contributed by atoms with E-state index >= 15 is 0 Å². The molecule has 0 aromatic heterocycles. The van der Waals surface area contributed by atoms with Gasteiger partial charge in [-0.25, -0.2) is 0 Å². The number of anilines is 1. The van der Waals surface area contributed by atoms with Crippen LogP contribution in [-0.2, 0) is 0 Å². The summed E-state index contributed by atoms with van der Waals surface area (Å²) in [7, 11) is 0. The Morgan fingerprint density at radius 2 is 2.10 bits per heavy atom. The van der Waals surface area contributed by atoms with Crippen LogP contribution in [0.25, 0.3) is 0 Å². The van der Waals surface area contributed by atoms with Crippen LogP contribution in [0, 0.1) is 21.4 Å². The van der Waals surface area contributed by atoms with E-state index in [0.717, 1.165) is 5.56 Å². The van der Waals surface area contributed by atoms with Crippen LogP contribution in [0.15, 0.2) is 42.5 Å². The fraction of sp³-hybridized carbons (Fsp3) is 0.133. The molecular weight excluding hydrogens is 290 g/mol. The van der Waals surface area contributed by atoms with Gasteiger partial charge in [0, 0.05) is 18.2 Å². The molecule has 0 aliphatic rings. The highest BCUT2D eigenvalue weighted by Crippen LogP contribution is 2.30. The standard InChI is InChI=1S/C15H12ClN3O2/c1-10(12-4-2-3-11(7-12)9-17)18-15-8-13(19(20)21)5-6-14(15)16/h2-8,10,18H,1H3. The number of hydrogen-bond acceptors (Lipinski definition) is 4. The van der Waals surface area contributed by atoms with Crippen molar-refractivity contribution in [2.45, 2.75) is 13.0 Å². The number of hydrogen-bond donors (Lipinski definition) is 1. The number of nitriles is 1. The molecule has 0 saturated carbocycles. The number of nitro benzene ring substituents is 1. The maximum Gasteiger partial charge on any atom is 0.271 e. The second-order valence-electron chi connectivity index (χ2n) is 4.52. The van der Waals surface area contributed by atoms with Crippen molar-refractivity contribution in [1.82, 2.24) is 0 Å². The van der Waals surface area contributed by atoms with Crippen molar-refractivity contribution in [3.63, 3.8) is 0 Å². The lowest BCUT2D eigenvalue weighted by molar-refractivity contribution is -0.384. The first-order valence-corrected chi connectivity index (χ1v) is 6.59. The molecule has 1 N–H and O–H groups in total. The lowest BCUT2D eigenvalue weighted by Gasteiger charge is -2.16. The molecule has 0 fully saturated rings. The van der Waals surface area contributed by atoms with E-state index in [4.69, 9.17) is 16.9 Å². The van der Waals surface area contributed by atoms with Gasteiger partial charge in [-0.3, -0.25) is 10.1 Å². The van der Waals surface area contributed by atoms with Crippen LogP contribution in [0.1, 0.15) is 24.1 Å². The lowest BCUT2D eigenvalue weighted by Crippen LogP contribution is -2.07. The molecule has 0 aliphatic heterocycles. The molecule has 0 amide bonds. The molecule has 1 atom stereocenters. The Balaban J connectivity index is 2.26. The number of halogens is 1. The highest BCUT2D eigenvalue weighted by Gasteiger charge is 2.13. The monoisotopic (exact) mass is 301 g/mol. The first-order chi connectivity index (χ1) is 10.0. The summed E-state index contributed by atoms with van der Waals surface area (Å²) in [5, 5.41) is 23.2. The molecule has 0 aliphatic carbocycles. The van der Waals surface area contributed by atoms with Gasteiger partial charge in [-0.15, -0.1) is 0 Å². The zero-order valence-electron chi connectivity index (χ0n) is 11.2. The van der Waals surface area contributed by atoms with Gasteiger partial charge in [-0.1, -0.05) is 23.7 Å². The van der Waals surface area contributed by atoms with Gasteiger partial charge in [0.1, 0.15) is 0 Å². The third-order valence-electron chi connectivity index (χ3n) is 3.05. The quantitative estimate of drug-likeness (QED) is 0.674. The second kappa shape index (κ2) is 6.25. The van der Waals surface area contributed by atoms with E-state index in [1.165, 1.54) is 18.2 Å². The number of nitrogens with zero attached hydrogens (tertiary/aromatic N) is 2. The summed E-state index contributed by atoms with van der Waals surface area (Å²) in [5.74, 6) is 0. The average molecular weight is 302 g/mol. The Labute approximate surface area is 126 Å². The van der Waals surface area contributed by atoms with Crippen LogP contribution < -0.4 is 5.32 Å². The molecule has 5 nitrogen and oxygen atoms in total. The van der Waals surface area contributed by atoms with Gasteiger partial charge in [-0.2, -0.15) is 5.26 Å². The minimum Gasteiger partial charge on any atom is -0.377 e. The number of nitrogens with one attached hydrogen (secondary N) is 1. The van der Waals surface area contributed by atoms with Crippen LogP contribution in [0.4, 0.5) is 11.4 Å². The van der Waals surface area contributed by atoms with Crippen LogP contribution >= 0.6 is 11.6 Å². The molecule has 1 unspecified atom stereocenters. The smallest absolute Gasteiger partial charge is 0.271 e. The molecule has 2 aromatic carbocycles. The Morgan fingerprint density at radius 3 is 2.76 bits per heavy atom. The summed E-state index contributed by atoms with van der Waals surface area (Å²) < 4.78 is 0. The fourth-order valence-electron chi connectivity index (χ4n) is 1.93. The minimum atomic E-state index is -0.470. The Morgan fingerprint density at radius 1 is 1.33 bits per heavy atom. The molecule has 6 heteroatoms. The van der Waals surface area contributed by atoms with Crippen molar-refractivity contribution >= 4 is 23.0 Å². The summed E-state index contributed by atoms with van der Waals surface area (Å²) in [5.41, 5.74) is 1.92. The van der Waals surface area contributed by atoms with Gasteiger partial charge < -0.3 is 5.32 Å². The molecule has 0 spiro atoms. The molecular formula is C15H12ClN3O2. The molecule has 0 radical (unpaired) electrons. The van der Waals surface area contributed by atoms with E-state index in [0.29, 0.717) is 16.3 Å². The highest BCUT2D eigenvalue weighted by atomic mass is 35.5. The van der Waals surface area contributed by atoms with Crippen molar-refractivity contribution < 1.29 is 4.92 Å². The van der Waals surface area contributed by atoms with Gasteiger partial charge in [0.25, 0.3) is 5.69 Å². The van der Waals surface area contributed by atoms with Crippen molar-refractivity contribution in [3.8, 4) is 6.07 Å². The van der Waals surface area contributed by atoms with Gasteiger partial charge in [0.05, 0.1) is 27.3 Å². The topological polar surface area (TPSA) is 79.0 Å². The van der Waals surface area contributed by atoms with Crippen molar-refractivity contribution in [2.75, 3.05) is 5.32 Å². The minimum absolute atomic E-state index is 0.0279. The Bertz CT molecular complexity index is 725. The molecule has 0 heterocycles. The highest BCUT2D eigenvalue weighted by molar-refractivity contribution is 6.33. The van der Waals surface area contributed by atoms with Gasteiger partial charge in [0.2, 0.25) is 0 Å². The molecule has 106 valence electrons. The SMILES string of the molecule is CC(Nc1cc([N+](=O)[O-])ccc1Cl)c1cccc(C#N)c1.